The average molecular weight is 416 g/mol. The second-order valence-electron chi connectivity index (χ2n) is 7.42. The Hall–Kier alpha value is -2.87. The molecule has 1 saturated heterocycles. The largest absolute Gasteiger partial charge is 0.478 e. The summed E-state index contributed by atoms with van der Waals surface area (Å²) in [5.74, 6) is -0.820. The van der Waals surface area contributed by atoms with E-state index in [1.807, 2.05) is 0 Å². The highest BCUT2D eigenvalue weighted by Crippen LogP contribution is 2.32. The van der Waals surface area contributed by atoms with Crippen LogP contribution in [-0.4, -0.2) is 38.4 Å². The highest BCUT2D eigenvalue weighted by Gasteiger charge is 2.23. The lowest BCUT2D eigenvalue weighted by Gasteiger charge is -2.34. The number of ketones is 1. The van der Waals surface area contributed by atoms with E-state index in [4.69, 9.17) is 0 Å². The summed E-state index contributed by atoms with van der Waals surface area (Å²) < 4.78 is 28.3. The molecule has 0 amide bonds. The molecule has 29 heavy (non-hydrogen) atoms. The van der Waals surface area contributed by atoms with Gasteiger partial charge in [-0.15, -0.1) is 0 Å². The summed E-state index contributed by atoms with van der Waals surface area (Å²) in [6.07, 6.45) is 2.09. The van der Waals surface area contributed by atoms with E-state index in [1.165, 1.54) is 43.3 Å². The number of piperidine rings is 1. The number of nitrogens with zero attached hydrogens (tertiary/aromatic N) is 1. The summed E-state index contributed by atoms with van der Waals surface area (Å²) in [5, 5.41) is 9.33. The van der Waals surface area contributed by atoms with Gasteiger partial charge >= 0.3 is 5.97 Å². The van der Waals surface area contributed by atoms with Crippen LogP contribution in [0.2, 0.25) is 0 Å². The molecule has 3 rings (SSSR count). The van der Waals surface area contributed by atoms with Gasteiger partial charge in [0.2, 0.25) is 0 Å². The lowest BCUT2D eigenvalue weighted by molar-refractivity contribution is 0.0696. The molecule has 0 radical (unpaired) electrons. The molecule has 0 saturated carbocycles. The molecule has 0 unspecified atom stereocenters. The maximum absolute atomic E-state index is 12.9. The standard InChI is InChI=1S/C21H24N2O5S/c1-14-4-3-11-23(13-14)20-10-7-17(21(25)26)12-19(20)22-29(27,28)18-8-5-16(6-9-18)15(2)24/h5-10,12,14,22H,3-4,11,13H2,1-2H3,(H,25,26)/t14-/m1/s1. The zero-order valence-corrected chi connectivity index (χ0v) is 17.2. The van der Waals surface area contributed by atoms with Gasteiger partial charge in [-0.25, -0.2) is 13.2 Å². The third kappa shape index (κ3) is 4.76. The quantitative estimate of drug-likeness (QED) is 0.697. The number of carbonyl (C=O) groups excluding carboxylic acids is 1. The van der Waals surface area contributed by atoms with E-state index in [0.717, 1.165) is 25.9 Å². The van der Waals surface area contributed by atoms with E-state index in [2.05, 4.69) is 16.5 Å². The molecule has 1 atom stereocenters. The fourth-order valence-electron chi connectivity index (χ4n) is 3.51. The van der Waals surface area contributed by atoms with E-state index < -0.39 is 16.0 Å². The van der Waals surface area contributed by atoms with Crippen molar-refractivity contribution < 1.29 is 23.1 Å². The van der Waals surface area contributed by atoms with Gasteiger partial charge in [-0.1, -0.05) is 19.1 Å². The summed E-state index contributed by atoms with van der Waals surface area (Å²) in [7, 11) is -3.95. The molecule has 0 bridgehead atoms. The van der Waals surface area contributed by atoms with E-state index in [9.17, 15) is 23.1 Å². The average Bonchev–Trinajstić information content (AvgIpc) is 2.67. The Morgan fingerprint density at radius 3 is 2.34 bits per heavy atom. The number of rotatable bonds is 6. The molecule has 0 aliphatic carbocycles. The number of anilines is 2. The van der Waals surface area contributed by atoms with Crippen molar-refractivity contribution in [2.45, 2.75) is 31.6 Å². The minimum absolute atomic E-state index is 0.00110. The third-order valence-electron chi connectivity index (χ3n) is 5.06. The van der Waals surface area contributed by atoms with Gasteiger partial charge in [0.25, 0.3) is 10.0 Å². The second kappa shape index (κ2) is 8.24. The Labute approximate surface area is 170 Å². The van der Waals surface area contributed by atoms with Crippen molar-refractivity contribution in [3.05, 3.63) is 53.6 Å². The summed E-state index contributed by atoms with van der Waals surface area (Å²) in [4.78, 5) is 24.9. The van der Waals surface area contributed by atoms with Crippen LogP contribution in [0.1, 0.15) is 47.4 Å². The lowest BCUT2D eigenvalue weighted by Crippen LogP contribution is -2.35. The zero-order valence-electron chi connectivity index (χ0n) is 16.4. The normalized spacial score (nSPS) is 17.0. The fourth-order valence-corrected chi connectivity index (χ4v) is 4.57. The first-order valence-electron chi connectivity index (χ1n) is 9.43. The SMILES string of the molecule is CC(=O)c1ccc(S(=O)(=O)Nc2cc(C(=O)O)ccc2N2CCC[C@@H](C)C2)cc1. The molecule has 2 aromatic rings. The maximum atomic E-state index is 12.9. The van der Waals surface area contributed by atoms with Crippen LogP contribution in [-0.2, 0) is 10.0 Å². The van der Waals surface area contributed by atoms with Crippen molar-refractivity contribution in [1.82, 2.24) is 0 Å². The van der Waals surface area contributed by atoms with Gasteiger partial charge < -0.3 is 10.0 Å². The molecule has 154 valence electrons. The smallest absolute Gasteiger partial charge is 0.335 e. The Bertz CT molecular complexity index is 1030. The predicted molar refractivity (Wildman–Crippen MR) is 111 cm³/mol. The number of carboxylic acids is 1. The second-order valence-corrected chi connectivity index (χ2v) is 9.10. The fraction of sp³-hybridized carbons (Fsp3) is 0.333. The van der Waals surface area contributed by atoms with Crippen LogP contribution in [0.15, 0.2) is 47.4 Å². The van der Waals surface area contributed by atoms with Gasteiger partial charge in [-0.05, 0) is 56.0 Å². The topological polar surface area (TPSA) is 104 Å². The predicted octanol–water partition coefficient (Wildman–Crippen LogP) is 3.62. The number of aromatic carboxylic acids is 1. The number of sulfonamides is 1. The minimum Gasteiger partial charge on any atom is -0.478 e. The maximum Gasteiger partial charge on any atom is 0.335 e. The first-order chi connectivity index (χ1) is 13.7. The molecule has 2 aromatic carbocycles. The van der Waals surface area contributed by atoms with E-state index in [0.29, 0.717) is 17.2 Å². The highest BCUT2D eigenvalue weighted by molar-refractivity contribution is 7.92. The number of nitrogens with one attached hydrogen (secondary N) is 1. The van der Waals surface area contributed by atoms with Crippen LogP contribution in [0.4, 0.5) is 11.4 Å². The van der Waals surface area contributed by atoms with Gasteiger partial charge in [-0.2, -0.15) is 0 Å². The molecular formula is C21H24N2O5S. The van der Waals surface area contributed by atoms with Crippen LogP contribution in [0.25, 0.3) is 0 Å². The van der Waals surface area contributed by atoms with Crippen molar-refractivity contribution >= 4 is 33.2 Å². The van der Waals surface area contributed by atoms with Crippen LogP contribution in [0.3, 0.4) is 0 Å². The van der Waals surface area contributed by atoms with Gasteiger partial charge in [0.05, 0.1) is 21.8 Å². The summed E-state index contributed by atoms with van der Waals surface area (Å²) >= 11 is 0. The molecule has 1 heterocycles. The lowest BCUT2D eigenvalue weighted by atomic mass is 9.99. The molecular weight excluding hydrogens is 392 g/mol. The van der Waals surface area contributed by atoms with E-state index >= 15 is 0 Å². The first kappa shape index (κ1) is 20.9. The summed E-state index contributed by atoms with van der Waals surface area (Å²) in [6.45, 7) is 5.09. The Kier molecular flexibility index (Phi) is 5.93. The molecule has 0 aromatic heterocycles. The number of hydrogen-bond donors (Lipinski definition) is 2. The van der Waals surface area contributed by atoms with Crippen LogP contribution >= 0.6 is 0 Å². The number of benzene rings is 2. The molecule has 0 spiro atoms. The number of hydrogen-bond acceptors (Lipinski definition) is 5. The Balaban J connectivity index is 1.97. The minimum atomic E-state index is -3.95. The van der Waals surface area contributed by atoms with Gasteiger partial charge in [0.1, 0.15) is 0 Å². The molecule has 1 fully saturated rings. The van der Waals surface area contributed by atoms with E-state index in [1.54, 1.807) is 6.07 Å². The van der Waals surface area contributed by atoms with Crippen molar-refractivity contribution in [2.24, 2.45) is 5.92 Å². The van der Waals surface area contributed by atoms with Crippen molar-refractivity contribution in [3.63, 3.8) is 0 Å². The first-order valence-corrected chi connectivity index (χ1v) is 10.9. The van der Waals surface area contributed by atoms with Crippen molar-refractivity contribution in [2.75, 3.05) is 22.7 Å². The van der Waals surface area contributed by atoms with Crippen LogP contribution in [0.5, 0.6) is 0 Å². The Morgan fingerprint density at radius 2 is 1.76 bits per heavy atom. The monoisotopic (exact) mass is 416 g/mol. The van der Waals surface area contributed by atoms with Gasteiger partial charge in [0.15, 0.2) is 5.78 Å². The third-order valence-corrected chi connectivity index (χ3v) is 6.44. The summed E-state index contributed by atoms with van der Waals surface area (Å²) in [6, 6.07) is 10.1. The number of carboxylic acid groups (broad SMARTS) is 1. The molecule has 1 aliphatic heterocycles. The highest BCUT2D eigenvalue weighted by atomic mass is 32.2. The van der Waals surface area contributed by atoms with Crippen molar-refractivity contribution in [3.8, 4) is 0 Å². The molecule has 7 nitrogen and oxygen atoms in total. The van der Waals surface area contributed by atoms with Crippen LogP contribution < -0.4 is 9.62 Å². The van der Waals surface area contributed by atoms with Crippen LogP contribution in [0, 0.1) is 5.92 Å². The number of Topliss-reactive ketones (excluding diaryl/α,β-unsaturated/α-hetero) is 1. The van der Waals surface area contributed by atoms with Gasteiger partial charge in [-0.3, -0.25) is 9.52 Å². The van der Waals surface area contributed by atoms with Crippen molar-refractivity contribution in [1.29, 1.82) is 0 Å². The molecule has 8 heteroatoms. The number of carbonyl (C=O) groups is 2. The van der Waals surface area contributed by atoms with Gasteiger partial charge in [0, 0.05) is 18.7 Å². The van der Waals surface area contributed by atoms with E-state index in [-0.39, 0.29) is 21.9 Å². The summed E-state index contributed by atoms with van der Waals surface area (Å²) in [5.41, 5.74) is 1.31. The molecule has 2 N–H and O–H groups in total. The molecule has 1 aliphatic rings. The zero-order chi connectivity index (χ0) is 21.2. The Morgan fingerprint density at radius 1 is 1.10 bits per heavy atom.